The maximum atomic E-state index is 4.04. The van der Waals surface area contributed by atoms with Crippen LogP contribution in [0.5, 0.6) is 0 Å². The van der Waals surface area contributed by atoms with E-state index in [0.717, 1.165) is 24.4 Å². The molecular weight excluding hydrogens is 174 g/mol. The van der Waals surface area contributed by atoms with Gasteiger partial charge in [0.15, 0.2) is 0 Å². The lowest BCUT2D eigenvalue weighted by molar-refractivity contribution is 0.802. The van der Waals surface area contributed by atoms with Gasteiger partial charge in [-0.05, 0) is 18.6 Å². The Morgan fingerprint density at radius 2 is 2.07 bits per heavy atom. The van der Waals surface area contributed by atoms with Crippen molar-refractivity contribution in [3.8, 4) is 5.69 Å². The molecule has 0 bridgehead atoms. The molecule has 0 aliphatic rings. The first-order valence-corrected chi connectivity index (χ1v) is 4.79. The smallest absolute Gasteiger partial charge is 0.207 e. The van der Waals surface area contributed by atoms with Gasteiger partial charge in [0.05, 0.1) is 0 Å². The Bertz CT molecular complexity index is 392. The molecule has 3 nitrogen and oxygen atoms in total. The molecule has 0 atom stereocenters. The van der Waals surface area contributed by atoms with Crippen molar-refractivity contribution in [3.05, 3.63) is 42.5 Å². The molecule has 14 heavy (non-hydrogen) atoms. The number of aryl methyl sites for hydroxylation is 1. The number of nitrogens with zero attached hydrogens (tertiary/aromatic N) is 3. The lowest BCUT2D eigenvalue weighted by atomic mass is 10.3. The van der Waals surface area contributed by atoms with Crippen molar-refractivity contribution >= 4 is 0 Å². The van der Waals surface area contributed by atoms with Gasteiger partial charge < -0.3 is 0 Å². The maximum Gasteiger partial charge on any atom is 0.207 e. The molecule has 3 heteroatoms. The molecule has 0 saturated heterocycles. The average molecular weight is 186 g/mol. The van der Waals surface area contributed by atoms with Crippen LogP contribution in [0.25, 0.3) is 5.69 Å². The van der Waals surface area contributed by atoms with E-state index in [1.165, 1.54) is 0 Å². The van der Waals surface area contributed by atoms with Gasteiger partial charge in [0, 0.05) is 12.1 Å². The van der Waals surface area contributed by atoms with Gasteiger partial charge in [-0.1, -0.05) is 25.1 Å². The number of rotatable bonds is 3. The third kappa shape index (κ3) is 1.66. The molecule has 1 radical (unpaired) electrons. The number of hydrogen-bond acceptors (Lipinski definition) is 2. The Labute approximate surface area is 83.4 Å². The lowest BCUT2D eigenvalue weighted by Gasteiger charge is -2.03. The van der Waals surface area contributed by atoms with Crippen molar-refractivity contribution < 1.29 is 0 Å². The second kappa shape index (κ2) is 4.05. The van der Waals surface area contributed by atoms with E-state index in [2.05, 4.69) is 23.4 Å². The largest absolute Gasteiger partial charge is 0.276 e. The van der Waals surface area contributed by atoms with E-state index in [0.29, 0.717) is 0 Å². The Kier molecular flexibility index (Phi) is 2.58. The summed E-state index contributed by atoms with van der Waals surface area (Å²) in [5.41, 5.74) is 1.07. The Morgan fingerprint density at radius 3 is 2.79 bits per heavy atom. The Morgan fingerprint density at radius 1 is 1.29 bits per heavy atom. The predicted molar refractivity (Wildman–Crippen MR) is 54.2 cm³/mol. The quantitative estimate of drug-likeness (QED) is 0.734. The average Bonchev–Trinajstić information content (AvgIpc) is 2.68. The van der Waals surface area contributed by atoms with Gasteiger partial charge in [-0.3, -0.25) is 4.57 Å². The van der Waals surface area contributed by atoms with E-state index in [4.69, 9.17) is 0 Å². The lowest BCUT2D eigenvalue weighted by Crippen LogP contribution is -1.99. The fourth-order valence-corrected chi connectivity index (χ4v) is 1.40. The summed E-state index contributed by atoms with van der Waals surface area (Å²) in [7, 11) is 0. The summed E-state index contributed by atoms with van der Waals surface area (Å²) in [5.74, 6) is 0.971. The first-order valence-electron chi connectivity index (χ1n) is 4.79. The van der Waals surface area contributed by atoms with Gasteiger partial charge in [0.1, 0.15) is 5.82 Å². The second-order valence-corrected chi connectivity index (χ2v) is 3.14. The molecule has 1 heterocycles. The zero-order valence-electron chi connectivity index (χ0n) is 8.14. The topological polar surface area (TPSA) is 30.7 Å². The van der Waals surface area contributed by atoms with Crippen LogP contribution in [0.2, 0.25) is 0 Å². The fraction of sp³-hybridized carbons (Fsp3) is 0.273. The summed E-state index contributed by atoms with van der Waals surface area (Å²) in [6, 6.07) is 10.0. The predicted octanol–water partition coefficient (Wildman–Crippen LogP) is 2.02. The second-order valence-electron chi connectivity index (χ2n) is 3.14. The van der Waals surface area contributed by atoms with Crippen LogP contribution in [0, 0.1) is 6.33 Å². The molecule has 0 fully saturated rings. The summed E-state index contributed by atoms with van der Waals surface area (Å²) in [5, 5.41) is 7.84. The highest BCUT2D eigenvalue weighted by Crippen LogP contribution is 2.09. The summed E-state index contributed by atoms with van der Waals surface area (Å²) >= 11 is 0. The van der Waals surface area contributed by atoms with Crippen molar-refractivity contribution in [2.75, 3.05) is 0 Å². The minimum Gasteiger partial charge on any atom is -0.276 e. The van der Waals surface area contributed by atoms with Crippen molar-refractivity contribution in [2.45, 2.75) is 19.8 Å². The van der Waals surface area contributed by atoms with Crippen molar-refractivity contribution in [1.29, 1.82) is 0 Å². The standard InChI is InChI=1S/C11H12N3/c1-2-6-11-13-12-9-14(11)10-7-4-3-5-8-10/h3-5,7-8H,2,6H2,1H3. The van der Waals surface area contributed by atoms with Gasteiger partial charge in [0.25, 0.3) is 0 Å². The molecule has 0 spiro atoms. The Hall–Kier alpha value is -1.64. The third-order valence-corrected chi connectivity index (χ3v) is 2.06. The highest BCUT2D eigenvalue weighted by molar-refractivity contribution is 5.31. The maximum absolute atomic E-state index is 4.04. The van der Waals surface area contributed by atoms with E-state index >= 15 is 0 Å². The van der Waals surface area contributed by atoms with Gasteiger partial charge >= 0.3 is 0 Å². The summed E-state index contributed by atoms with van der Waals surface area (Å²) in [6.45, 7) is 2.13. The highest BCUT2D eigenvalue weighted by atomic mass is 15.3. The number of aromatic nitrogens is 3. The van der Waals surface area contributed by atoms with Crippen LogP contribution < -0.4 is 0 Å². The summed E-state index contributed by atoms with van der Waals surface area (Å²) in [6.07, 6.45) is 4.87. The highest BCUT2D eigenvalue weighted by Gasteiger charge is 2.04. The summed E-state index contributed by atoms with van der Waals surface area (Å²) < 4.78 is 1.91. The molecule has 0 unspecified atom stereocenters. The van der Waals surface area contributed by atoms with Crippen molar-refractivity contribution in [1.82, 2.24) is 14.8 Å². The molecule has 0 N–H and O–H groups in total. The monoisotopic (exact) mass is 186 g/mol. The summed E-state index contributed by atoms with van der Waals surface area (Å²) in [4.78, 5) is 0. The van der Waals surface area contributed by atoms with Crippen LogP contribution in [-0.2, 0) is 6.42 Å². The minimum atomic E-state index is 0.936. The van der Waals surface area contributed by atoms with Crippen LogP contribution in [0.4, 0.5) is 0 Å². The molecule has 2 rings (SSSR count). The SMILES string of the molecule is CCCc1nn[c]n1-c1ccccc1. The van der Waals surface area contributed by atoms with Crippen LogP contribution in [0.3, 0.4) is 0 Å². The first-order chi connectivity index (χ1) is 6.92. The van der Waals surface area contributed by atoms with E-state index in [9.17, 15) is 0 Å². The van der Waals surface area contributed by atoms with E-state index in [-0.39, 0.29) is 0 Å². The molecule has 1 aromatic heterocycles. The first kappa shape index (κ1) is 8.94. The van der Waals surface area contributed by atoms with E-state index in [1.54, 1.807) is 0 Å². The zero-order valence-corrected chi connectivity index (χ0v) is 8.14. The van der Waals surface area contributed by atoms with Crippen LogP contribution in [0.15, 0.2) is 30.3 Å². The molecular formula is C11H12N3. The van der Waals surface area contributed by atoms with Crippen LogP contribution in [-0.4, -0.2) is 14.8 Å². The van der Waals surface area contributed by atoms with Gasteiger partial charge in [-0.15, -0.1) is 10.2 Å². The normalized spacial score (nSPS) is 10.4. The zero-order chi connectivity index (χ0) is 9.80. The number of hydrogen-bond donors (Lipinski definition) is 0. The van der Waals surface area contributed by atoms with Crippen LogP contribution >= 0.6 is 0 Å². The molecule has 2 aromatic rings. The fourth-order valence-electron chi connectivity index (χ4n) is 1.40. The molecule has 1 aromatic carbocycles. The van der Waals surface area contributed by atoms with Crippen molar-refractivity contribution in [3.63, 3.8) is 0 Å². The van der Waals surface area contributed by atoms with Crippen LogP contribution in [0.1, 0.15) is 19.2 Å². The van der Waals surface area contributed by atoms with Gasteiger partial charge in [-0.25, -0.2) is 0 Å². The van der Waals surface area contributed by atoms with Gasteiger partial charge in [-0.2, -0.15) is 0 Å². The van der Waals surface area contributed by atoms with Gasteiger partial charge in [0.2, 0.25) is 6.33 Å². The van der Waals surface area contributed by atoms with E-state index < -0.39 is 0 Å². The molecule has 0 aliphatic carbocycles. The third-order valence-electron chi connectivity index (χ3n) is 2.06. The van der Waals surface area contributed by atoms with Crippen molar-refractivity contribution in [2.24, 2.45) is 0 Å². The molecule has 71 valence electrons. The number of para-hydroxylation sites is 1. The molecule has 0 saturated carbocycles. The molecule has 0 amide bonds. The molecule has 0 aliphatic heterocycles. The Balaban J connectivity index is 2.37. The number of benzene rings is 1. The minimum absolute atomic E-state index is 0.936. The van der Waals surface area contributed by atoms with E-state index in [1.807, 2.05) is 34.9 Å².